The Hall–Kier alpha value is -2.96. The van der Waals surface area contributed by atoms with Crippen molar-refractivity contribution in [3.8, 4) is 11.3 Å². The van der Waals surface area contributed by atoms with Gasteiger partial charge in [0.2, 0.25) is 5.91 Å². The van der Waals surface area contributed by atoms with Crippen molar-refractivity contribution in [2.24, 2.45) is 0 Å². The van der Waals surface area contributed by atoms with Gasteiger partial charge in [-0.25, -0.2) is 4.98 Å². The van der Waals surface area contributed by atoms with E-state index in [1.165, 1.54) is 0 Å². The van der Waals surface area contributed by atoms with Crippen LogP contribution >= 0.6 is 0 Å². The third kappa shape index (κ3) is 3.95. The van der Waals surface area contributed by atoms with Gasteiger partial charge in [-0.05, 0) is 6.42 Å². The molecule has 4 rings (SSSR count). The molecule has 29 heavy (non-hydrogen) atoms. The number of amides is 1. The van der Waals surface area contributed by atoms with Gasteiger partial charge < -0.3 is 14.3 Å². The van der Waals surface area contributed by atoms with Crippen LogP contribution in [-0.4, -0.2) is 52.1 Å². The minimum Gasteiger partial charge on any atom is -0.352 e. The number of carbonyl (C=O) groups is 1. The van der Waals surface area contributed by atoms with Crippen molar-refractivity contribution in [3.05, 3.63) is 36.2 Å². The normalized spacial score (nSPS) is 14.6. The molecule has 1 aliphatic heterocycles. The summed E-state index contributed by atoms with van der Waals surface area (Å²) in [5.41, 5.74) is 2.29. The number of aryl methyl sites for hydroxylation is 1. The van der Waals surface area contributed by atoms with Crippen LogP contribution < -0.4 is 4.90 Å². The van der Waals surface area contributed by atoms with E-state index < -0.39 is 0 Å². The number of unbranched alkanes of at least 4 members (excludes halogenated alkanes) is 1. The predicted octanol–water partition coefficient (Wildman–Crippen LogP) is 3.69. The Morgan fingerprint density at radius 3 is 2.52 bits per heavy atom. The Kier molecular flexibility index (Phi) is 5.74. The monoisotopic (exact) mass is 393 g/mol. The molecule has 3 heterocycles. The standard InChI is InChI=1S/C22H27N5O2/c1-3-5-11-17-23-21(27-14-12-26(13-15-27)18(28)4-2)19-20(25-29-22(19)24-17)16-9-7-6-8-10-16/h6-10H,3-5,11-15H2,1-2H3. The predicted molar refractivity (Wildman–Crippen MR) is 113 cm³/mol. The summed E-state index contributed by atoms with van der Waals surface area (Å²) in [6, 6.07) is 9.99. The quantitative estimate of drug-likeness (QED) is 0.636. The second kappa shape index (κ2) is 8.59. The number of hydrogen-bond donors (Lipinski definition) is 0. The Bertz CT molecular complexity index is 978. The summed E-state index contributed by atoms with van der Waals surface area (Å²) in [5.74, 6) is 1.86. The molecule has 1 fully saturated rings. The first-order valence-electron chi connectivity index (χ1n) is 10.5. The molecular weight excluding hydrogens is 366 g/mol. The van der Waals surface area contributed by atoms with Crippen LogP contribution in [0.4, 0.5) is 5.82 Å². The zero-order valence-corrected chi connectivity index (χ0v) is 17.1. The molecule has 7 heteroatoms. The molecule has 7 nitrogen and oxygen atoms in total. The van der Waals surface area contributed by atoms with Crippen LogP contribution in [0.15, 0.2) is 34.9 Å². The average molecular weight is 393 g/mol. The zero-order chi connectivity index (χ0) is 20.2. The highest BCUT2D eigenvalue weighted by Crippen LogP contribution is 2.34. The Balaban J connectivity index is 1.74. The first-order chi connectivity index (χ1) is 14.2. The van der Waals surface area contributed by atoms with Crippen LogP contribution in [-0.2, 0) is 11.2 Å². The second-order valence-corrected chi connectivity index (χ2v) is 7.37. The van der Waals surface area contributed by atoms with Crippen molar-refractivity contribution in [1.82, 2.24) is 20.0 Å². The summed E-state index contributed by atoms with van der Waals surface area (Å²) in [6.07, 6.45) is 3.47. The van der Waals surface area contributed by atoms with E-state index in [9.17, 15) is 4.79 Å². The van der Waals surface area contributed by atoms with Gasteiger partial charge in [-0.15, -0.1) is 0 Å². The molecule has 1 amide bonds. The van der Waals surface area contributed by atoms with Gasteiger partial charge in [0.25, 0.3) is 5.71 Å². The van der Waals surface area contributed by atoms with Crippen molar-refractivity contribution in [2.45, 2.75) is 39.5 Å². The molecule has 1 aliphatic rings. The van der Waals surface area contributed by atoms with Crippen LogP contribution in [0.5, 0.6) is 0 Å². The fourth-order valence-corrected chi connectivity index (χ4v) is 3.74. The van der Waals surface area contributed by atoms with Crippen LogP contribution in [0.2, 0.25) is 0 Å². The second-order valence-electron chi connectivity index (χ2n) is 7.37. The molecule has 0 saturated carbocycles. The lowest BCUT2D eigenvalue weighted by molar-refractivity contribution is -0.131. The molecule has 1 saturated heterocycles. The molecule has 0 spiro atoms. The summed E-state index contributed by atoms with van der Waals surface area (Å²) in [7, 11) is 0. The van der Waals surface area contributed by atoms with Gasteiger partial charge in [0, 0.05) is 44.6 Å². The number of nitrogens with zero attached hydrogens (tertiary/aromatic N) is 5. The SMILES string of the molecule is CCCCc1nc(N2CCN(C(=O)CC)CC2)c2c(-c3ccccc3)noc2n1. The van der Waals surface area contributed by atoms with Crippen LogP contribution in [0.25, 0.3) is 22.4 Å². The lowest BCUT2D eigenvalue weighted by atomic mass is 10.1. The summed E-state index contributed by atoms with van der Waals surface area (Å²) < 4.78 is 5.64. The minimum absolute atomic E-state index is 0.205. The number of fused-ring (bicyclic) bond motifs is 1. The van der Waals surface area contributed by atoms with Gasteiger partial charge in [0.1, 0.15) is 22.7 Å². The molecule has 3 aromatic rings. The maximum atomic E-state index is 12.0. The van der Waals surface area contributed by atoms with E-state index in [1.807, 2.05) is 42.2 Å². The largest absolute Gasteiger partial charge is 0.352 e. The lowest BCUT2D eigenvalue weighted by Gasteiger charge is -2.35. The van der Waals surface area contributed by atoms with E-state index in [-0.39, 0.29) is 5.91 Å². The number of hydrogen-bond acceptors (Lipinski definition) is 6. The van der Waals surface area contributed by atoms with Gasteiger partial charge >= 0.3 is 0 Å². The molecule has 0 bridgehead atoms. The number of piperazine rings is 1. The van der Waals surface area contributed by atoms with E-state index in [4.69, 9.17) is 9.51 Å². The number of rotatable bonds is 6. The van der Waals surface area contributed by atoms with E-state index >= 15 is 0 Å². The number of aromatic nitrogens is 3. The molecule has 0 radical (unpaired) electrons. The first-order valence-corrected chi connectivity index (χ1v) is 10.5. The lowest BCUT2D eigenvalue weighted by Crippen LogP contribution is -2.49. The van der Waals surface area contributed by atoms with E-state index in [2.05, 4.69) is 22.0 Å². The van der Waals surface area contributed by atoms with Crippen LogP contribution in [0.1, 0.15) is 38.9 Å². The Morgan fingerprint density at radius 2 is 1.83 bits per heavy atom. The average Bonchev–Trinajstić information content (AvgIpc) is 3.21. The van der Waals surface area contributed by atoms with Gasteiger partial charge in [0.05, 0.1) is 0 Å². The molecule has 0 N–H and O–H groups in total. The van der Waals surface area contributed by atoms with Crippen molar-refractivity contribution in [2.75, 3.05) is 31.1 Å². The van der Waals surface area contributed by atoms with Gasteiger partial charge in [-0.1, -0.05) is 55.8 Å². The third-order valence-corrected chi connectivity index (χ3v) is 5.40. The van der Waals surface area contributed by atoms with Crippen LogP contribution in [0, 0.1) is 0 Å². The maximum Gasteiger partial charge on any atom is 0.263 e. The smallest absolute Gasteiger partial charge is 0.263 e. The molecule has 1 aromatic carbocycles. The topological polar surface area (TPSA) is 75.4 Å². The minimum atomic E-state index is 0.205. The maximum absolute atomic E-state index is 12.0. The molecule has 2 aromatic heterocycles. The van der Waals surface area contributed by atoms with Crippen molar-refractivity contribution < 1.29 is 9.32 Å². The Morgan fingerprint density at radius 1 is 1.07 bits per heavy atom. The van der Waals surface area contributed by atoms with Crippen molar-refractivity contribution in [1.29, 1.82) is 0 Å². The fourth-order valence-electron chi connectivity index (χ4n) is 3.74. The van der Waals surface area contributed by atoms with E-state index in [0.29, 0.717) is 25.2 Å². The molecule has 0 aliphatic carbocycles. The zero-order valence-electron chi connectivity index (χ0n) is 17.1. The summed E-state index contributed by atoms with van der Waals surface area (Å²) in [5, 5.41) is 5.18. The van der Waals surface area contributed by atoms with Crippen molar-refractivity contribution >= 4 is 22.8 Å². The van der Waals surface area contributed by atoms with Gasteiger partial charge in [0.15, 0.2) is 0 Å². The summed E-state index contributed by atoms with van der Waals surface area (Å²) >= 11 is 0. The molecule has 0 unspecified atom stereocenters. The molecule has 0 atom stereocenters. The van der Waals surface area contributed by atoms with Gasteiger partial charge in [-0.3, -0.25) is 4.79 Å². The van der Waals surface area contributed by atoms with Crippen molar-refractivity contribution in [3.63, 3.8) is 0 Å². The number of anilines is 1. The summed E-state index contributed by atoms with van der Waals surface area (Å²) in [4.78, 5) is 25.8. The van der Waals surface area contributed by atoms with Crippen LogP contribution in [0.3, 0.4) is 0 Å². The number of carbonyl (C=O) groups excluding carboxylic acids is 1. The molecular formula is C22H27N5O2. The highest BCUT2D eigenvalue weighted by molar-refractivity contribution is 5.98. The molecule has 152 valence electrons. The first kappa shape index (κ1) is 19.4. The van der Waals surface area contributed by atoms with E-state index in [0.717, 1.165) is 60.6 Å². The highest BCUT2D eigenvalue weighted by Gasteiger charge is 2.26. The van der Waals surface area contributed by atoms with E-state index in [1.54, 1.807) is 0 Å². The fraction of sp³-hybridized carbons (Fsp3) is 0.455. The van der Waals surface area contributed by atoms with Gasteiger partial charge in [-0.2, -0.15) is 4.98 Å². The highest BCUT2D eigenvalue weighted by atomic mass is 16.5. The third-order valence-electron chi connectivity index (χ3n) is 5.40. The summed E-state index contributed by atoms with van der Waals surface area (Å²) in [6.45, 7) is 6.95. The Labute approximate surface area is 170 Å². The number of benzene rings is 1.